The Morgan fingerprint density at radius 3 is 2.60 bits per heavy atom. The quantitative estimate of drug-likeness (QED) is 0.733. The molecule has 1 atom stereocenters. The number of piperidine rings is 1. The molecule has 2 aromatic carbocycles. The molecule has 1 saturated heterocycles. The lowest BCUT2D eigenvalue weighted by molar-refractivity contribution is -0.117. The molecule has 1 aliphatic heterocycles. The van der Waals surface area contributed by atoms with Crippen LogP contribution in [0.5, 0.6) is 0 Å². The smallest absolute Gasteiger partial charge is 0.257 e. The van der Waals surface area contributed by atoms with Gasteiger partial charge in [-0.05, 0) is 75.8 Å². The fourth-order valence-electron chi connectivity index (χ4n) is 3.88. The first-order chi connectivity index (χ1) is 14.4. The van der Waals surface area contributed by atoms with E-state index in [1.807, 2.05) is 11.9 Å². The third-order valence-corrected chi connectivity index (χ3v) is 5.25. The fraction of sp³-hybridized carbons (Fsp3) is 0.391. The predicted octanol–water partition coefficient (Wildman–Crippen LogP) is 3.29. The molecule has 0 saturated carbocycles. The van der Waals surface area contributed by atoms with Crippen molar-refractivity contribution in [2.45, 2.75) is 12.8 Å². The number of hydrogen-bond acceptors (Lipinski definition) is 4. The summed E-state index contributed by atoms with van der Waals surface area (Å²) in [5.41, 5.74) is 1.29. The minimum Gasteiger partial charge on any atom is -0.324 e. The molecule has 2 amide bonds. The molecule has 1 heterocycles. The maximum absolute atomic E-state index is 13.1. The van der Waals surface area contributed by atoms with Crippen molar-refractivity contribution in [2.24, 2.45) is 5.92 Å². The highest BCUT2D eigenvalue weighted by Gasteiger charge is 2.20. The first-order valence-electron chi connectivity index (χ1n) is 10.2. The van der Waals surface area contributed by atoms with Crippen molar-refractivity contribution >= 4 is 23.2 Å². The van der Waals surface area contributed by atoms with Crippen molar-refractivity contribution in [2.75, 3.05) is 50.9 Å². The third kappa shape index (κ3) is 6.37. The normalized spacial score (nSPS) is 17.0. The molecule has 0 spiro atoms. The van der Waals surface area contributed by atoms with Crippen molar-refractivity contribution < 1.29 is 14.0 Å². The van der Waals surface area contributed by atoms with Crippen LogP contribution < -0.4 is 10.6 Å². The van der Waals surface area contributed by atoms with E-state index in [-0.39, 0.29) is 24.2 Å². The molecular weight excluding hydrogens is 383 g/mol. The lowest BCUT2D eigenvalue weighted by atomic mass is 9.98. The van der Waals surface area contributed by atoms with Gasteiger partial charge in [-0.2, -0.15) is 0 Å². The Kier molecular flexibility index (Phi) is 7.54. The second-order valence-electron chi connectivity index (χ2n) is 8.02. The minimum atomic E-state index is -0.371. The van der Waals surface area contributed by atoms with Gasteiger partial charge in [0.2, 0.25) is 5.91 Å². The SMILES string of the molecule is CN1CCCC(CN(C)CC(=O)Nc2ccccc2C(=O)Nc2ccc(F)cc2)C1. The molecular formula is C23H29FN4O2. The van der Waals surface area contributed by atoms with Gasteiger partial charge in [-0.15, -0.1) is 0 Å². The number of nitrogens with zero attached hydrogens (tertiary/aromatic N) is 2. The van der Waals surface area contributed by atoms with Crippen LogP contribution in [0.25, 0.3) is 0 Å². The Morgan fingerprint density at radius 2 is 1.87 bits per heavy atom. The van der Waals surface area contributed by atoms with E-state index >= 15 is 0 Å². The van der Waals surface area contributed by atoms with Crippen molar-refractivity contribution in [1.29, 1.82) is 0 Å². The van der Waals surface area contributed by atoms with Gasteiger partial charge >= 0.3 is 0 Å². The van der Waals surface area contributed by atoms with E-state index in [0.29, 0.717) is 22.9 Å². The summed E-state index contributed by atoms with van der Waals surface area (Å²) in [6, 6.07) is 12.4. The summed E-state index contributed by atoms with van der Waals surface area (Å²) in [5, 5.41) is 5.58. The van der Waals surface area contributed by atoms with Crippen LogP contribution in [-0.4, -0.2) is 61.9 Å². The Morgan fingerprint density at radius 1 is 1.13 bits per heavy atom. The average molecular weight is 413 g/mol. The highest BCUT2D eigenvalue weighted by molar-refractivity contribution is 6.10. The van der Waals surface area contributed by atoms with E-state index in [4.69, 9.17) is 0 Å². The average Bonchev–Trinajstić information content (AvgIpc) is 2.70. The molecule has 1 unspecified atom stereocenters. The number of rotatable bonds is 7. The number of anilines is 2. The van der Waals surface area contributed by atoms with Gasteiger partial charge < -0.3 is 15.5 Å². The number of halogens is 1. The molecule has 0 aliphatic carbocycles. The second-order valence-corrected chi connectivity index (χ2v) is 8.02. The largest absolute Gasteiger partial charge is 0.324 e. The summed E-state index contributed by atoms with van der Waals surface area (Å²) in [6.45, 7) is 3.31. The first kappa shape index (κ1) is 21.9. The zero-order valence-electron chi connectivity index (χ0n) is 17.5. The molecule has 2 aromatic rings. The molecule has 160 valence electrons. The van der Waals surface area contributed by atoms with Crippen LogP contribution in [0, 0.1) is 11.7 Å². The van der Waals surface area contributed by atoms with Gasteiger partial charge in [-0.25, -0.2) is 4.39 Å². The highest BCUT2D eigenvalue weighted by Crippen LogP contribution is 2.19. The number of benzene rings is 2. The second kappa shape index (κ2) is 10.3. The van der Waals surface area contributed by atoms with Crippen LogP contribution in [0.2, 0.25) is 0 Å². The summed E-state index contributed by atoms with van der Waals surface area (Å²) in [6.07, 6.45) is 2.38. The monoisotopic (exact) mass is 412 g/mol. The minimum absolute atomic E-state index is 0.163. The lowest BCUT2D eigenvalue weighted by Gasteiger charge is -2.32. The molecule has 7 heteroatoms. The fourth-order valence-corrected chi connectivity index (χ4v) is 3.88. The van der Waals surface area contributed by atoms with E-state index in [1.54, 1.807) is 24.3 Å². The van der Waals surface area contributed by atoms with Crippen molar-refractivity contribution in [3.05, 3.63) is 59.9 Å². The van der Waals surface area contributed by atoms with Gasteiger partial charge in [-0.3, -0.25) is 14.5 Å². The van der Waals surface area contributed by atoms with E-state index in [2.05, 4.69) is 22.6 Å². The van der Waals surface area contributed by atoms with Crippen molar-refractivity contribution in [3.8, 4) is 0 Å². The van der Waals surface area contributed by atoms with E-state index in [9.17, 15) is 14.0 Å². The standard InChI is InChI=1S/C23H29FN4O2/c1-27-13-5-6-17(14-27)15-28(2)16-22(29)26-21-8-4-3-7-20(21)23(30)25-19-11-9-18(24)10-12-19/h3-4,7-12,17H,5-6,13-16H2,1-2H3,(H,25,30)(H,26,29). The molecule has 0 radical (unpaired) electrons. The number of likely N-dealkylation sites (tertiary alicyclic amines) is 1. The molecule has 3 rings (SSSR count). The number of hydrogen-bond donors (Lipinski definition) is 2. The van der Waals surface area contributed by atoms with Crippen LogP contribution in [0.15, 0.2) is 48.5 Å². The maximum atomic E-state index is 13.1. The number of likely N-dealkylation sites (N-methyl/N-ethyl adjacent to an activating group) is 1. The summed E-state index contributed by atoms with van der Waals surface area (Å²) in [4.78, 5) is 29.6. The van der Waals surface area contributed by atoms with Gasteiger partial charge in [-0.1, -0.05) is 12.1 Å². The maximum Gasteiger partial charge on any atom is 0.257 e. The number of para-hydroxylation sites is 1. The number of nitrogens with one attached hydrogen (secondary N) is 2. The van der Waals surface area contributed by atoms with Gasteiger partial charge in [0, 0.05) is 18.8 Å². The Bertz CT molecular complexity index is 872. The third-order valence-electron chi connectivity index (χ3n) is 5.25. The summed E-state index contributed by atoms with van der Waals surface area (Å²) in [7, 11) is 4.08. The van der Waals surface area contributed by atoms with Crippen LogP contribution in [0.1, 0.15) is 23.2 Å². The number of carbonyl (C=O) groups is 2. The summed E-state index contributed by atoms with van der Waals surface area (Å²) < 4.78 is 13.1. The summed E-state index contributed by atoms with van der Waals surface area (Å²) >= 11 is 0. The molecule has 0 bridgehead atoms. The van der Waals surface area contributed by atoms with Gasteiger partial charge in [0.25, 0.3) is 5.91 Å². The van der Waals surface area contributed by atoms with Crippen molar-refractivity contribution in [3.63, 3.8) is 0 Å². The van der Waals surface area contributed by atoms with E-state index in [0.717, 1.165) is 19.6 Å². The Balaban J connectivity index is 1.57. The Hall–Kier alpha value is -2.77. The molecule has 1 aliphatic rings. The Labute approximate surface area is 177 Å². The van der Waals surface area contributed by atoms with E-state index in [1.165, 1.54) is 37.1 Å². The highest BCUT2D eigenvalue weighted by atomic mass is 19.1. The molecule has 2 N–H and O–H groups in total. The number of carbonyl (C=O) groups excluding carboxylic acids is 2. The van der Waals surface area contributed by atoms with Gasteiger partial charge in [0.15, 0.2) is 0 Å². The van der Waals surface area contributed by atoms with E-state index < -0.39 is 0 Å². The van der Waals surface area contributed by atoms with Crippen LogP contribution in [0.4, 0.5) is 15.8 Å². The summed E-state index contributed by atoms with van der Waals surface area (Å²) in [5.74, 6) is -0.334. The molecule has 1 fully saturated rings. The van der Waals surface area contributed by atoms with Crippen LogP contribution in [-0.2, 0) is 4.79 Å². The zero-order valence-corrected chi connectivity index (χ0v) is 17.5. The molecule has 0 aromatic heterocycles. The topological polar surface area (TPSA) is 64.7 Å². The molecule has 6 nitrogen and oxygen atoms in total. The molecule has 30 heavy (non-hydrogen) atoms. The first-order valence-corrected chi connectivity index (χ1v) is 10.2. The zero-order chi connectivity index (χ0) is 21.5. The van der Waals surface area contributed by atoms with Crippen LogP contribution in [0.3, 0.4) is 0 Å². The van der Waals surface area contributed by atoms with Gasteiger partial charge in [0.1, 0.15) is 5.82 Å². The van der Waals surface area contributed by atoms with Crippen LogP contribution >= 0.6 is 0 Å². The van der Waals surface area contributed by atoms with Gasteiger partial charge in [0.05, 0.1) is 17.8 Å². The lowest BCUT2D eigenvalue weighted by Crippen LogP contribution is -2.40. The van der Waals surface area contributed by atoms with Crippen molar-refractivity contribution in [1.82, 2.24) is 9.80 Å². The number of amides is 2. The predicted molar refractivity (Wildman–Crippen MR) is 117 cm³/mol.